The fraction of sp³-hybridized carbons (Fsp3) is 0.286. The van der Waals surface area contributed by atoms with Crippen molar-refractivity contribution < 1.29 is 0 Å². The van der Waals surface area contributed by atoms with E-state index in [1.165, 1.54) is 0 Å². The number of rotatable bonds is 2. The van der Waals surface area contributed by atoms with Crippen LogP contribution in [-0.4, -0.2) is 0 Å². The van der Waals surface area contributed by atoms with Gasteiger partial charge in [0.1, 0.15) is 17.7 Å². The average molecular weight is 210 g/mol. The Morgan fingerprint density at radius 2 is 1.69 bits per heavy atom. The molecule has 0 aromatic heterocycles. The molecular formula is C14H14N2. The minimum Gasteiger partial charge on any atom is -0.192 e. The van der Waals surface area contributed by atoms with Crippen LogP contribution in [0.2, 0.25) is 0 Å². The molecule has 16 heavy (non-hydrogen) atoms. The second-order valence-electron chi connectivity index (χ2n) is 3.98. The highest BCUT2D eigenvalue weighted by molar-refractivity contribution is 5.77. The van der Waals surface area contributed by atoms with Gasteiger partial charge in [0.25, 0.3) is 0 Å². The van der Waals surface area contributed by atoms with Gasteiger partial charge in [-0.15, -0.1) is 0 Å². The second kappa shape index (κ2) is 5.14. The van der Waals surface area contributed by atoms with Gasteiger partial charge in [-0.1, -0.05) is 38.1 Å². The summed E-state index contributed by atoms with van der Waals surface area (Å²) in [6.45, 7) is 5.98. The summed E-state index contributed by atoms with van der Waals surface area (Å²) < 4.78 is 0. The maximum Gasteiger partial charge on any atom is 0.133 e. The molecule has 0 fully saturated rings. The largest absolute Gasteiger partial charge is 0.192 e. The van der Waals surface area contributed by atoms with Crippen LogP contribution in [0.3, 0.4) is 0 Å². The van der Waals surface area contributed by atoms with Crippen LogP contribution < -0.4 is 0 Å². The molecule has 0 aliphatic heterocycles. The Labute approximate surface area is 96.4 Å². The Balaban J connectivity index is 3.49. The zero-order valence-corrected chi connectivity index (χ0v) is 9.78. The van der Waals surface area contributed by atoms with Crippen molar-refractivity contribution in [3.8, 4) is 12.1 Å². The minimum absolute atomic E-state index is 0.162. The molecule has 0 saturated carbocycles. The third kappa shape index (κ3) is 2.30. The van der Waals surface area contributed by atoms with Crippen molar-refractivity contribution in [1.82, 2.24) is 0 Å². The standard InChI is InChI=1S/C14H14N2/c1-10(2)14(12(8-15)9-16)13-7-5-4-6-11(13)3/h4-7,10H,1-3H3. The van der Waals surface area contributed by atoms with Gasteiger partial charge in [0.2, 0.25) is 0 Å². The van der Waals surface area contributed by atoms with E-state index in [1.807, 2.05) is 57.2 Å². The summed E-state index contributed by atoms with van der Waals surface area (Å²) in [7, 11) is 0. The van der Waals surface area contributed by atoms with Crippen LogP contribution in [-0.2, 0) is 0 Å². The van der Waals surface area contributed by atoms with Crippen LogP contribution in [0.1, 0.15) is 25.0 Å². The Morgan fingerprint density at radius 1 is 1.12 bits per heavy atom. The van der Waals surface area contributed by atoms with Gasteiger partial charge >= 0.3 is 0 Å². The Bertz CT molecular complexity index is 480. The van der Waals surface area contributed by atoms with Gasteiger partial charge in [-0.2, -0.15) is 10.5 Å². The predicted molar refractivity (Wildman–Crippen MR) is 64.2 cm³/mol. The molecular weight excluding hydrogens is 196 g/mol. The molecule has 0 unspecified atom stereocenters. The van der Waals surface area contributed by atoms with E-state index in [2.05, 4.69) is 0 Å². The molecule has 0 heterocycles. The van der Waals surface area contributed by atoms with E-state index in [0.29, 0.717) is 0 Å². The maximum absolute atomic E-state index is 8.97. The van der Waals surface area contributed by atoms with E-state index in [0.717, 1.165) is 16.7 Å². The van der Waals surface area contributed by atoms with Crippen molar-refractivity contribution in [2.45, 2.75) is 20.8 Å². The number of hydrogen-bond donors (Lipinski definition) is 0. The molecule has 0 saturated heterocycles. The third-order valence-corrected chi connectivity index (χ3v) is 2.51. The van der Waals surface area contributed by atoms with Gasteiger partial charge in [0, 0.05) is 0 Å². The quantitative estimate of drug-likeness (QED) is 0.702. The lowest BCUT2D eigenvalue weighted by Gasteiger charge is -2.14. The second-order valence-corrected chi connectivity index (χ2v) is 3.98. The van der Waals surface area contributed by atoms with E-state index in [1.54, 1.807) is 0 Å². The van der Waals surface area contributed by atoms with Gasteiger partial charge < -0.3 is 0 Å². The Morgan fingerprint density at radius 3 is 2.12 bits per heavy atom. The number of allylic oxidation sites excluding steroid dienone is 2. The number of benzene rings is 1. The fourth-order valence-electron chi connectivity index (χ4n) is 1.75. The molecule has 2 nitrogen and oxygen atoms in total. The number of hydrogen-bond acceptors (Lipinski definition) is 2. The molecule has 0 spiro atoms. The molecule has 1 aromatic rings. The van der Waals surface area contributed by atoms with E-state index in [-0.39, 0.29) is 11.5 Å². The van der Waals surface area contributed by atoms with Crippen molar-refractivity contribution in [1.29, 1.82) is 10.5 Å². The summed E-state index contributed by atoms with van der Waals surface area (Å²) in [5.41, 5.74) is 3.14. The van der Waals surface area contributed by atoms with Crippen molar-refractivity contribution in [3.63, 3.8) is 0 Å². The predicted octanol–water partition coefficient (Wildman–Crippen LogP) is 3.45. The average Bonchev–Trinajstić information content (AvgIpc) is 2.27. The number of aryl methyl sites for hydroxylation is 1. The normalized spacial score (nSPS) is 9.38. The molecule has 2 heteroatoms. The van der Waals surface area contributed by atoms with Gasteiger partial charge in [0.05, 0.1) is 0 Å². The van der Waals surface area contributed by atoms with E-state index >= 15 is 0 Å². The molecule has 1 rings (SSSR count). The molecule has 0 radical (unpaired) electrons. The zero-order valence-electron chi connectivity index (χ0n) is 9.78. The summed E-state index contributed by atoms with van der Waals surface area (Å²) in [6.07, 6.45) is 0. The molecule has 0 N–H and O–H groups in total. The fourth-order valence-corrected chi connectivity index (χ4v) is 1.75. The van der Waals surface area contributed by atoms with Gasteiger partial charge in [0.15, 0.2) is 0 Å². The summed E-state index contributed by atoms with van der Waals surface area (Å²) in [5.74, 6) is 0.162. The van der Waals surface area contributed by atoms with Crippen molar-refractivity contribution in [2.24, 2.45) is 5.92 Å². The zero-order chi connectivity index (χ0) is 12.1. The first-order valence-corrected chi connectivity index (χ1v) is 5.22. The topological polar surface area (TPSA) is 47.6 Å². The first-order chi connectivity index (χ1) is 7.61. The SMILES string of the molecule is Cc1ccccc1C(=C(C#N)C#N)C(C)C. The first-order valence-electron chi connectivity index (χ1n) is 5.22. The van der Waals surface area contributed by atoms with Crippen LogP contribution in [0.5, 0.6) is 0 Å². The van der Waals surface area contributed by atoms with Gasteiger partial charge in [-0.05, 0) is 29.5 Å². The van der Waals surface area contributed by atoms with Crippen LogP contribution in [0.25, 0.3) is 5.57 Å². The lowest BCUT2D eigenvalue weighted by Crippen LogP contribution is -1.99. The van der Waals surface area contributed by atoms with Crippen LogP contribution >= 0.6 is 0 Å². The number of nitriles is 2. The first kappa shape index (κ1) is 12.0. The van der Waals surface area contributed by atoms with Crippen LogP contribution in [0.4, 0.5) is 0 Å². The van der Waals surface area contributed by atoms with Crippen LogP contribution in [0.15, 0.2) is 29.8 Å². The van der Waals surface area contributed by atoms with Gasteiger partial charge in [-0.3, -0.25) is 0 Å². The number of nitrogens with zero attached hydrogens (tertiary/aromatic N) is 2. The van der Waals surface area contributed by atoms with Crippen LogP contribution in [0, 0.1) is 35.5 Å². The maximum atomic E-state index is 8.97. The molecule has 0 aliphatic rings. The van der Waals surface area contributed by atoms with Gasteiger partial charge in [-0.25, -0.2) is 0 Å². The van der Waals surface area contributed by atoms with E-state index in [9.17, 15) is 0 Å². The molecule has 0 atom stereocenters. The summed E-state index contributed by atoms with van der Waals surface area (Å²) in [4.78, 5) is 0. The molecule has 0 bridgehead atoms. The molecule has 0 amide bonds. The minimum atomic E-state index is 0.162. The van der Waals surface area contributed by atoms with Crippen molar-refractivity contribution in [2.75, 3.05) is 0 Å². The smallest absolute Gasteiger partial charge is 0.133 e. The third-order valence-electron chi connectivity index (χ3n) is 2.51. The highest BCUT2D eigenvalue weighted by Gasteiger charge is 2.14. The van der Waals surface area contributed by atoms with Crippen molar-refractivity contribution >= 4 is 5.57 Å². The lowest BCUT2D eigenvalue weighted by atomic mass is 9.89. The molecule has 0 aliphatic carbocycles. The highest BCUT2D eigenvalue weighted by atomic mass is 14.3. The lowest BCUT2D eigenvalue weighted by molar-refractivity contribution is 0.851. The van der Waals surface area contributed by atoms with E-state index in [4.69, 9.17) is 10.5 Å². The summed E-state index contributed by atoms with van der Waals surface area (Å²) in [6, 6.07) is 11.8. The Kier molecular flexibility index (Phi) is 3.86. The van der Waals surface area contributed by atoms with E-state index < -0.39 is 0 Å². The molecule has 1 aromatic carbocycles. The van der Waals surface area contributed by atoms with Crippen molar-refractivity contribution in [3.05, 3.63) is 41.0 Å². The Hall–Kier alpha value is -2.06. The summed E-state index contributed by atoms with van der Waals surface area (Å²) >= 11 is 0. The molecule has 80 valence electrons. The summed E-state index contributed by atoms with van der Waals surface area (Å²) in [5, 5.41) is 17.9. The monoisotopic (exact) mass is 210 g/mol. The highest BCUT2D eigenvalue weighted by Crippen LogP contribution is 2.28.